The molecule has 4 aromatic carbocycles. The van der Waals surface area contributed by atoms with Crippen molar-refractivity contribution in [2.75, 3.05) is 19.6 Å². The Bertz CT molecular complexity index is 2910. The van der Waals surface area contributed by atoms with Crippen molar-refractivity contribution in [3.63, 3.8) is 0 Å². The predicted octanol–water partition coefficient (Wildman–Crippen LogP) is 16.5. The maximum atomic E-state index is 11.6. The minimum absolute atomic E-state index is 0.362. The molecule has 8 aliphatic rings. The lowest BCUT2D eigenvalue weighted by molar-refractivity contribution is -0.139. The largest absolute Gasteiger partial charge is 0.330 e. The number of unbranched alkanes of at least 4 members (excludes halogenated alkanes) is 2. The number of hydrogen-bond donors (Lipinski definition) is 3. The molecule has 0 aliphatic heterocycles. The van der Waals surface area contributed by atoms with Gasteiger partial charge in [-0.05, 0) is 225 Å². The van der Waals surface area contributed by atoms with Crippen LogP contribution >= 0.6 is 69.6 Å². The molecular weight excluding hydrogens is 1090 g/mol. The van der Waals surface area contributed by atoms with Crippen molar-refractivity contribution in [1.82, 2.24) is 24.9 Å². The average molecular weight is 1160 g/mol. The maximum absolute atomic E-state index is 11.6. The zero-order valence-corrected chi connectivity index (χ0v) is 48.9. The lowest BCUT2D eigenvalue weighted by Gasteiger charge is -2.54. The number of halogens is 6. The van der Waals surface area contributed by atoms with Gasteiger partial charge in [-0.3, -0.25) is 9.59 Å². The molecule has 5 N–H and O–H groups in total. The Kier molecular flexibility index (Phi) is 20.1. The minimum Gasteiger partial charge on any atom is -0.330 e. The third-order valence-electron chi connectivity index (χ3n) is 17.5. The van der Waals surface area contributed by atoms with E-state index in [1.807, 2.05) is 60.1 Å². The van der Waals surface area contributed by atoms with Gasteiger partial charge in [0.25, 0.3) is 0 Å². The monoisotopic (exact) mass is 1160 g/mol. The number of nitrogens with zero attached hydrogens (tertiary/aromatic N) is 4. The molecule has 2 aromatic heterocycles. The van der Waals surface area contributed by atoms with Crippen LogP contribution in [-0.4, -0.2) is 51.3 Å². The average Bonchev–Trinajstić information content (AvgIpc) is 3.92. The molecule has 2 heterocycles. The van der Waals surface area contributed by atoms with Gasteiger partial charge in [-0.15, -0.1) is 0 Å². The van der Waals surface area contributed by atoms with Gasteiger partial charge in [0.15, 0.2) is 6.29 Å². The number of rotatable bonds is 15. The first-order valence-corrected chi connectivity index (χ1v) is 30.2. The van der Waals surface area contributed by atoms with Crippen LogP contribution in [0.1, 0.15) is 124 Å². The first kappa shape index (κ1) is 57.9. The van der Waals surface area contributed by atoms with E-state index in [1.165, 1.54) is 57.8 Å². The van der Waals surface area contributed by atoms with E-state index in [0.29, 0.717) is 59.1 Å². The number of nitrogens with two attached hydrogens (primary N) is 2. The van der Waals surface area contributed by atoms with Gasteiger partial charge in [0.1, 0.15) is 11.5 Å². The molecule has 14 rings (SSSR count). The van der Waals surface area contributed by atoms with E-state index in [4.69, 9.17) is 86.2 Å². The summed E-state index contributed by atoms with van der Waals surface area (Å²) in [5, 5.41) is 16.6. The number of hydrogen-bond acceptors (Lipinski definition) is 7. The summed E-state index contributed by atoms with van der Waals surface area (Å²) in [5.74, 6) is 8.84. The van der Waals surface area contributed by atoms with Crippen LogP contribution in [-0.2, 0) is 11.3 Å². The molecule has 410 valence electrons. The molecule has 77 heavy (non-hydrogen) atoms. The Morgan fingerprint density at radius 3 is 1.47 bits per heavy atom. The third-order valence-corrected chi connectivity index (χ3v) is 19.0. The van der Waals surface area contributed by atoms with Crippen LogP contribution in [0.2, 0.25) is 30.1 Å². The predicted molar refractivity (Wildman–Crippen MR) is 318 cm³/mol. The van der Waals surface area contributed by atoms with Crippen molar-refractivity contribution in [2.24, 2.45) is 64.7 Å². The lowest BCUT2D eigenvalue weighted by Crippen LogP contribution is -2.45. The Labute approximate surface area is 485 Å². The summed E-state index contributed by atoms with van der Waals surface area (Å²) >= 11 is 37.2. The zero-order valence-electron chi connectivity index (χ0n) is 44.3. The molecule has 0 unspecified atom stereocenters. The van der Waals surface area contributed by atoms with E-state index < -0.39 is 0 Å². The number of nitrogens with one attached hydrogen (secondary N) is 1. The molecule has 0 amide bonds. The van der Waals surface area contributed by atoms with Crippen LogP contribution in [0.25, 0.3) is 33.9 Å². The topological polar surface area (TPSA) is 134 Å². The number of carbonyl (C=O) groups excluding carboxylic acids is 2. The quantitative estimate of drug-likeness (QED) is 0.0689. The van der Waals surface area contributed by atoms with Gasteiger partial charge in [-0.25, -0.2) is 9.36 Å². The van der Waals surface area contributed by atoms with E-state index in [1.54, 1.807) is 73.2 Å². The number of aromatic nitrogens is 4. The lowest BCUT2D eigenvalue weighted by atomic mass is 9.51. The summed E-state index contributed by atoms with van der Waals surface area (Å²) < 4.78 is 3.60. The van der Waals surface area contributed by atoms with Crippen molar-refractivity contribution in [3.05, 3.63) is 138 Å². The molecule has 0 spiro atoms. The fourth-order valence-corrected chi connectivity index (χ4v) is 15.4. The SMILES string of the molecule is Cc1c(C=O)nn(-c2ccc(Cl)cc2Cl)c1-c1ccc(Cl)cc1.Cc1c(CNCCCCCC2C3CC4CC(C3)CC2C4)nn(-c2ccc(Cl)cc2Cl)c1-c1ccc(Cl)cc1.NCCCN.O=C1C2CC3CC(C2)CC1C3. The van der Waals surface area contributed by atoms with Crippen molar-refractivity contribution in [1.29, 1.82) is 0 Å². The van der Waals surface area contributed by atoms with Gasteiger partial charge in [0.05, 0.1) is 38.5 Å². The smallest absolute Gasteiger partial charge is 0.170 e. The number of carbonyl (C=O) groups is 2. The Morgan fingerprint density at radius 2 is 1.01 bits per heavy atom. The first-order valence-electron chi connectivity index (χ1n) is 27.9. The van der Waals surface area contributed by atoms with Gasteiger partial charge >= 0.3 is 0 Å². The van der Waals surface area contributed by atoms with Crippen LogP contribution < -0.4 is 16.8 Å². The molecule has 6 aromatic rings. The normalized spacial score (nSPS) is 24.2. The number of aldehydes is 1. The summed E-state index contributed by atoms with van der Waals surface area (Å²) in [6.45, 7) is 7.18. The highest BCUT2D eigenvalue weighted by Gasteiger charge is 2.48. The molecule has 15 heteroatoms. The second kappa shape index (κ2) is 26.7. The standard InChI is InChI=1S/C32H38Cl3N3.C17H11Cl3N2O.C10H14O.C3H10N2/c1-20-30(19-36-12-4-2-3-5-28-24-14-21-13-22(16-24)17-25(28)15-21)37-38(31-11-10-27(34)18-29(31)35)32(20)23-6-8-26(33)9-7-23;1-10-15(9-23)21-22(16-7-6-13(19)8-14(16)20)17(10)11-2-4-12(18)5-3-11;11-10-8-2-6-1-7(4-8)5-9(10)3-6;4-2-1-3-5/h6-11,18,21-22,24-25,28,36H,2-5,12-17,19H2,1H3;2-9H,1H3;6-9H,1-5H2;1-5H2. The van der Waals surface area contributed by atoms with Gasteiger partial charge in [-0.1, -0.05) is 107 Å². The fraction of sp³-hybridized carbons (Fsp3) is 0.484. The highest BCUT2D eigenvalue weighted by Crippen LogP contribution is 2.58. The van der Waals surface area contributed by atoms with Gasteiger partial charge in [-0.2, -0.15) is 10.2 Å². The summed E-state index contributed by atoms with van der Waals surface area (Å²) in [6, 6.07) is 25.9. The first-order chi connectivity index (χ1) is 37.2. The molecule has 0 atom stereocenters. The maximum Gasteiger partial charge on any atom is 0.170 e. The molecule has 8 fully saturated rings. The van der Waals surface area contributed by atoms with Gasteiger partial charge in [0.2, 0.25) is 0 Å². The summed E-state index contributed by atoms with van der Waals surface area (Å²) in [6.07, 6.45) is 21.2. The van der Waals surface area contributed by atoms with Crippen molar-refractivity contribution >= 4 is 81.7 Å². The second-order valence-corrected chi connectivity index (χ2v) is 25.2. The second-order valence-electron chi connectivity index (χ2n) is 22.7. The number of benzene rings is 4. The Morgan fingerprint density at radius 1 is 0.558 bits per heavy atom. The van der Waals surface area contributed by atoms with Crippen molar-refractivity contribution in [2.45, 2.75) is 117 Å². The van der Waals surface area contributed by atoms with Crippen LogP contribution in [0.3, 0.4) is 0 Å². The molecule has 0 saturated heterocycles. The van der Waals surface area contributed by atoms with Gasteiger partial charge in [0, 0.05) is 55.2 Å². The van der Waals surface area contributed by atoms with Crippen LogP contribution in [0.4, 0.5) is 0 Å². The molecule has 8 bridgehead atoms. The molecule has 9 nitrogen and oxygen atoms in total. The molecular formula is C62H73Cl6N7O2. The highest BCUT2D eigenvalue weighted by atomic mass is 35.5. The summed E-state index contributed by atoms with van der Waals surface area (Å²) in [4.78, 5) is 22.9. The van der Waals surface area contributed by atoms with Crippen LogP contribution in [0, 0.1) is 67.1 Å². The fourth-order valence-electron chi connectivity index (χ4n) is 14.2. The summed E-state index contributed by atoms with van der Waals surface area (Å²) in [5.41, 5.74) is 18.7. The molecule has 0 radical (unpaired) electrons. The molecule has 8 saturated carbocycles. The number of Topliss-reactive ketones (excluding diaryl/α,β-unsaturated/α-hetero) is 1. The number of ketones is 1. The van der Waals surface area contributed by atoms with E-state index in [-0.39, 0.29) is 0 Å². The molecule has 8 aliphatic carbocycles. The van der Waals surface area contributed by atoms with Crippen molar-refractivity contribution < 1.29 is 9.59 Å². The summed E-state index contributed by atoms with van der Waals surface area (Å²) in [7, 11) is 0. The van der Waals surface area contributed by atoms with Crippen molar-refractivity contribution in [3.8, 4) is 33.9 Å². The zero-order chi connectivity index (χ0) is 54.3. The minimum atomic E-state index is 0.362. The van der Waals surface area contributed by atoms with Crippen LogP contribution in [0.15, 0.2) is 84.9 Å². The van der Waals surface area contributed by atoms with E-state index in [0.717, 1.165) is 125 Å². The Hall–Kier alpha value is -3.74. The van der Waals surface area contributed by atoms with E-state index >= 15 is 0 Å². The Balaban J connectivity index is 0.000000155. The van der Waals surface area contributed by atoms with Gasteiger partial charge < -0.3 is 16.8 Å². The highest BCUT2D eigenvalue weighted by molar-refractivity contribution is 6.36. The third kappa shape index (κ3) is 13.9. The van der Waals surface area contributed by atoms with E-state index in [9.17, 15) is 9.59 Å². The van der Waals surface area contributed by atoms with E-state index in [2.05, 4.69) is 17.3 Å². The van der Waals surface area contributed by atoms with Crippen LogP contribution in [0.5, 0.6) is 0 Å².